The molecular formula is C27H29FN4O2. The van der Waals surface area contributed by atoms with Crippen molar-refractivity contribution >= 4 is 17.0 Å². The number of hydrogen-bond acceptors (Lipinski definition) is 4. The van der Waals surface area contributed by atoms with E-state index in [-0.39, 0.29) is 5.82 Å². The van der Waals surface area contributed by atoms with Gasteiger partial charge in [-0.15, -0.1) is 0 Å². The number of carbonyl (C=O) groups excluding carboxylic acids is 1. The van der Waals surface area contributed by atoms with E-state index in [1.807, 2.05) is 52.3 Å². The van der Waals surface area contributed by atoms with Crippen molar-refractivity contribution in [3.8, 4) is 22.5 Å². The molecule has 7 heteroatoms. The minimum atomic E-state index is -0.544. The van der Waals surface area contributed by atoms with Crippen molar-refractivity contribution in [1.29, 1.82) is 0 Å². The number of hydrogen-bond donors (Lipinski definition) is 1. The molecule has 0 spiro atoms. The normalized spacial score (nSPS) is 11.6. The van der Waals surface area contributed by atoms with Gasteiger partial charge in [0.05, 0.1) is 23.2 Å². The van der Waals surface area contributed by atoms with E-state index in [1.54, 1.807) is 18.6 Å². The number of rotatable bonds is 4. The zero-order valence-electron chi connectivity index (χ0n) is 20.4. The molecule has 0 aliphatic heterocycles. The molecule has 0 aliphatic carbocycles. The summed E-state index contributed by atoms with van der Waals surface area (Å²) in [6, 6.07) is 10.7. The van der Waals surface area contributed by atoms with Gasteiger partial charge >= 0.3 is 6.09 Å². The van der Waals surface area contributed by atoms with Gasteiger partial charge in [0, 0.05) is 42.4 Å². The molecule has 0 unspecified atom stereocenters. The van der Waals surface area contributed by atoms with Gasteiger partial charge in [0.1, 0.15) is 11.4 Å². The maximum absolute atomic E-state index is 13.8. The lowest BCUT2D eigenvalue weighted by atomic mass is 9.93. The number of nitrogens with zero attached hydrogens (tertiary/aromatic N) is 3. The number of amides is 1. The fourth-order valence-electron chi connectivity index (χ4n) is 4.28. The van der Waals surface area contributed by atoms with Crippen LogP contribution in [0.25, 0.3) is 33.4 Å². The Labute approximate surface area is 198 Å². The van der Waals surface area contributed by atoms with Crippen LogP contribution < -0.4 is 5.32 Å². The van der Waals surface area contributed by atoms with Gasteiger partial charge in [0.25, 0.3) is 0 Å². The predicted octanol–water partition coefficient (Wildman–Crippen LogP) is 6.08. The van der Waals surface area contributed by atoms with Crippen LogP contribution in [0.5, 0.6) is 0 Å². The molecule has 2 heterocycles. The van der Waals surface area contributed by atoms with Gasteiger partial charge < -0.3 is 14.6 Å². The summed E-state index contributed by atoms with van der Waals surface area (Å²) < 4.78 is 21.1. The molecule has 2 aromatic carbocycles. The predicted molar refractivity (Wildman–Crippen MR) is 132 cm³/mol. The van der Waals surface area contributed by atoms with Crippen LogP contribution in [0.15, 0.2) is 48.9 Å². The summed E-state index contributed by atoms with van der Waals surface area (Å²) in [7, 11) is 1.95. The lowest BCUT2D eigenvalue weighted by Gasteiger charge is -2.20. The van der Waals surface area contributed by atoms with Crippen LogP contribution in [0.2, 0.25) is 0 Å². The van der Waals surface area contributed by atoms with Gasteiger partial charge in [-0.25, -0.2) is 14.2 Å². The maximum Gasteiger partial charge on any atom is 0.407 e. The molecule has 0 radical (unpaired) electrons. The van der Waals surface area contributed by atoms with Crippen molar-refractivity contribution in [2.75, 3.05) is 0 Å². The molecule has 34 heavy (non-hydrogen) atoms. The van der Waals surface area contributed by atoms with Crippen molar-refractivity contribution in [3.05, 3.63) is 71.4 Å². The van der Waals surface area contributed by atoms with E-state index in [4.69, 9.17) is 9.72 Å². The first kappa shape index (κ1) is 23.4. The summed E-state index contributed by atoms with van der Waals surface area (Å²) in [4.78, 5) is 21.1. The van der Waals surface area contributed by atoms with Crippen LogP contribution in [0.4, 0.5) is 9.18 Å². The Kier molecular flexibility index (Phi) is 6.13. The third-order valence-electron chi connectivity index (χ3n) is 5.56. The zero-order chi connectivity index (χ0) is 24.6. The van der Waals surface area contributed by atoms with E-state index >= 15 is 0 Å². The highest BCUT2D eigenvalue weighted by Gasteiger charge is 2.20. The first-order chi connectivity index (χ1) is 16.0. The van der Waals surface area contributed by atoms with E-state index in [1.165, 1.54) is 12.1 Å². The third-order valence-corrected chi connectivity index (χ3v) is 5.56. The van der Waals surface area contributed by atoms with E-state index < -0.39 is 11.7 Å². The molecule has 4 aromatic rings. The molecule has 2 aromatic heterocycles. The molecule has 176 valence electrons. The maximum atomic E-state index is 13.8. The monoisotopic (exact) mass is 460 g/mol. The summed E-state index contributed by atoms with van der Waals surface area (Å²) >= 11 is 0. The Balaban J connectivity index is 1.72. The minimum Gasteiger partial charge on any atom is -0.444 e. The van der Waals surface area contributed by atoms with Gasteiger partial charge in [-0.1, -0.05) is 12.1 Å². The molecule has 0 atom stereocenters. The summed E-state index contributed by atoms with van der Waals surface area (Å²) in [6.07, 6.45) is 3.04. The quantitative estimate of drug-likeness (QED) is 0.401. The van der Waals surface area contributed by atoms with Crippen molar-refractivity contribution in [1.82, 2.24) is 19.9 Å². The van der Waals surface area contributed by atoms with E-state index in [9.17, 15) is 9.18 Å². The Morgan fingerprint density at radius 1 is 1.09 bits per heavy atom. The van der Waals surface area contributed by atoms with Gasteiger partial charge in [0.15, 0.2) is 0 Å². The number of carbonyl (C=O) groups is 1. The summed E-state index contributed by atoms with van der Waals surface area (Å²) in [5.74, 6) is -0.315. The number of alkyl carbamates (subject to hydrolysis) is 1. The molecule has 4 rings (SSSR count). The number of halogens is 1. The fourth-order valence-corrected chi connectivity index (χ4v) is 4.28. The van der Waals surface area contributed by atoms with Gasteiger partial charge in [-0.2, -0.15) is 0 Å². The van der Waals surface area contributed by atoms with Crippen molar-refractivity contribution in [2.24, 2.45) is 7.05 Å². The van der Waals surface area contributed by atoms with E-state index in [0.717, 1.165) is 44.6 Å². The summed E-state index contributed by atoms with van der Waals surface area (Å²) in [5, 5.41) is 3.68. The minimum absolute atomic E-state index is 0.315. The van der Waals surface area contributed by atoms with Crippen LogP contribution in [0, 0.1) is 19.7 Å². The van der Waals surface area contributed by atoms with Crippen molar-refractivity contribution < 1.29 is 13.9 Å². The SMILES string of the molecule is Cc1cc(CNC(=O)OC(C)(C)C)cc(C)c1-c1ncn(C)c1-c1ccnc2cc(F)ccc12. The molecule has 1 N–H and O–H groups in total. The lowest BCUT2D eigenvalue weighted by molar-refractivity contribution is 0.0523. The Morgan fingerprint density at radius 3 is 2.47 bits per heavy atom. The molecule has 0 saturated carbocycles. The second-order valence-corrected chi connectivity index (χ2v) is 9.53. The average Bonchev–Trinajstić information content (AvgIpc) is 3.10. The second kappa shape index (κ2) is 8.89. The highest BCUT2D eigenvalue weighted by Crippen LogP contribution is 2.37. The Morgan fingerprint density at radius 2 is 1.79 bits per heavy atom. The topological polar surface area (TPSA) is 69.0 Å². The number of imidazole rings is 1. The number of fused-ring (bicyclic) bond motifs is 1. The van der Waals surface area contributed by atoms with Crippen LogP contribution in [-0.2, 0) is 18.3 Å². The molecule has 0 bridgehead atoms. The highest BCUT2D eigenvalue weighted by atomic mass is 19.1. The highest BCUT2D eigenvalue weighted by molar-refractivity contribution is 5.97. The van der Waals surface area contributed by atoms with Gasteiger partial charge in [0.2, 0.25) is 0 Å². The summed E-state index contributed by atoms with van der Waals surface area (Å²) in [6.45, 7) is 9.95. The van der Waals surface area contributed by atoms with Crippen LogP contribution in [-0.4, -0.2) is 26.2 Å². The number of aryl methyl sites for hydroxylation is 3. The molecule has 1 amide bonds. The van der Waals surface area contributed by atoms with Crippen LogP contribution >= 0.6 is 0 Å². The molecular weight excluding hydrogens is 431 g/mol. The number of nitrogens with one attached hydrogen (secondary N) is 1. The van der Waals surface area contributed by atoms with E-state index in [0.29, 0.717) is 12.1 Å². The van der Waals surface area contributed by atoms with Crippen LogP contribution in [0.3, 0.4) is 0 Å². The third kappa shape index (κ3) is 4.78. The molecule has 0 saturated heterocycles. The number of pyridine rings is 1. The van der Waals surface area contributed by atoms with Crippen molar-refractivity contribution in [3.63, 3.8) is 0 Å². The first-order valence-electron chi connectivity index (χ1n) is 11.2. The molecule has 0 fully saturated rings. The average molecular weight is 461 g/mol. The number of ether oxygens (including phenoxy) is 1. The Bertz CT molecular complexity index is 1360. The largest absolute Gasteiger partial charge is 0.444 e. The number of benzene rings is 2. The summed E-state index contributed by atoms with van der Waals surface area (Å²) in [5.41, 5.74) is 6.88. The second-order valence-electron chi connectivity index (χ2n) is 9.53. The first-order valence-corrected chi connectivity index (χ1v) is 11.2. The van der Waals surface area contributed by atoms with Crippen molar-refractivity contribution in [2.45, 2.75) is 46.8 Å². The molecule has 0 aliphatic rings. The smallest absolute Gasteiger partial charge is 0.407 e. The Hall–Kier alpha value is -3.74. The lowest BCUT2D eigenvalue weighted by Crippen LogP contribution is -2.32. The van der Waals surface area contributed by atoms with Gasteiger partial charge in [-0.3, -0.25) is 4.98 Å². The fraction of sp³-hybridized carbons (Fsp3) is 0.296. The van der Waals surface area contributed by atoms with E-state index in [2.05, 4.69) is 22.4 Å². The number of aromatic nitrogens is 3. The zero-order valence-corrected chi connectivity index (χ0v) is 20.4. The van der Waals surface area contributed by atoms with Crippen LogP contribution in [0.1, 0.15) is 37.5 Å². The van der Waals surface area contributed by atoms with Gasteiger partial charge in [-0.05, 0) is 69.5 Å². The standard InChI is InChI=1S/C27H29FN4O2/c1-16-11-18(14-30-26(33)34-27(3,4)5)12-17(2)23(16)24-25(32(6)15-31-24)21-9-10-29-22-13-19(28)7-8-20(21)22/h7-13,15H,14H2,1-6H3,(H,30,33). The molecule has 6 nitrogen and oxygen atoms in total.